The van der Waals surface area contributed by atoms with Crippen molar-refractivity contribution in [3.8, 4) is 11.5 Å². The minimum atomic E-state index is -1.10. The van der Waals surface area contributed by atoms with Crippen molar-refractivity contribution in [2.24, 2.45) is 0 Å². The van der Waals surface area contributed by atoms with Gasteiger partial charge in [-0.3, -0.25) is 0 Å². The minimum absolute atomic E-state index is 0.143. The Hall–Kier alpha value is -1.34. The van der Waals surface area contributed by atoms with Crippen molar-refractivity contribution in [2.45, 2.75) is 31.0 Å². The molecule has 1 aliphatic heterocycles. The maximum absolute atomic E-state index is 9.67. The molecule has 6 heteroatoms. The summed E-state index contributed by atoms with van der Waals surface area (Å²) in [6.07, 6.45) is -3.48. The van der Waals surface area contributed by atoms with E-state index >= 15 is 0 Å². The summed E-state index contributed by atoms with van der Waals surface area (Å²) >= 11 is 0. The zero-order chi connectivity index (χ0) is 13.8. The van der Waals surface area contributed by atoms with Crippen LogP contribution < -0.4 is 9.47 Å². The van der Waals surface area contributed by atoms with E-state index in [9.17, 15) is 10.2 Å². The summed E-state index contributed by atoms with van der Waals surface area (Å²) in [6, 6.07) is 6.92. The SMILES string of the molecule is COc1ccc(OC2CC(O)C(O)C(CO)O2)cc1. The monoisotopic (exact) mass is 270 g/mol. The van der Waals surface area contributed by atoms with E-state index < -0.39 is 24.6 Å². The molecule has 0 spiro atoms. The molecule has 1 heterocycles. The van der Waals surface area contributed by atoms with Crippen LogP contribution in [0.1, 0.15) is 6.42 Å². The molecule has 0 radical (unpaired) electrons. The quantitative estimate of drug-likeness (QED) is 0.708. The number of benzene rings is 1. The predicted molar refractivity (Wildman–Crippen MR) is 66.0 cm³/mol. The van der Waals surface area contributed by atoms with Crippen molar-refractivity contribution in [3.63, 3.8) is 0 Å². The summed E-state index contributed by atoms with van der Waals surface area (Å²) in [7, 11) is 1.57. The zero-order valence-corrected chi connectivity index (χ0v) is 10.6. The van der Waals surface area contributed by atoms with Crippen LogP contribution in [0.5, 0.6) is 11.5 Å². The topological polar surface area (TPSA) is 88.4 Å². The van der Waals surface area contributed by atoms with E-state index in [-0.39, 0.29) is 13.0 Å². The van der Waals surface area contributed by atoms with Crippen molar-refractivity contribution in [1.29, 1.82) is 0 Å². The van der Waals surface area contributed by atoms with Gasteiger partial charge in [0, 0.05) is 6.42 Å². The van der Waals surface area contributed by atoms with E-state index in [1.54, 1.807) is 31.4 Å². The van der Waals surface area contributed by atoms with Crippen LogP contribution >= 0.6 is 0 Å². The highest BCUT2D eigenvalue weighted by atomic mass is 16.7. The molecule has 3 N–H and O–H groups in total. The number of hydrogen-bond acceptors (Lipinski definition) is 6. The summed E-state index contributed by atoms with van der Waals surface area (Å²) < 4.78 is 15.9. The van der Waals surface area contributed by atoms with Gasteiger partial charge < -0.3 is 29.5 Å². The molecule has 0 amide bonds. The third-order valence-electron chi connectivity index (χ3n) is 3.04. The van der Waals surface area contributed by atoms with Gasteiger partial charge in [0.25, 0.3) is 0 Å². The summed E-state index contributed by atoms with van der Waals surface area (Å²) in [5.41, 5.74) is 0. The maximum Gasteiger partial charge on any atom is 0.202 e. The van der Waals surface area contributed by atoms with Gasteiger partial charge in [0.05, 0.1) is 19.8 Å². The molecule has 1 fully saturated rings. The number of aliphatic hydroxyl groups excluding tert-OH is 3. The van der Waals surface area contributed by atoms with Crippen LogP contribution in [0.2, 0.25) is 0 Å². The predicted octanol–water partition coefficient (Wildman–Crippen LogP) is -0.0969. The van der Waals surface area contributed by atoms with Gasteiger partial charge in [-0.05, 0) is 24.3 Å². The Morgan fingerprint density at radius 3 is 2.42 bits per heavy atom. The lowest BCUT2D eigenvalue weighted by molar-refractivity contribution is -0.229. The lowest BCUT2D eigenvalue weighted by atomic mass is 10.0. The second kappa shape index (κ2) is 6.21. The summed E-state index contributed by atoms with van der Waals surface area (Å²) in [5, 5.41) is 28.3. The van der Waals surface area contributed by atoms with Gasteiger partial charge in [0.1, 0.15) is 23.7 Å². The highest BCUT2D eigenvalue weighted by molar-refractivity contribution is 5.31. The largest absolute Gasteiger partial charge is 0.497 e. The third kappa shape index (κ3) is 3.36. The normalized spacial score (nSPS) is 30.9. The van der Waals surface area contributed by atoms with Crippen LogP contribution in [-0.4, -0.2) is 53.6 Å². The Balaban J connectivity index is 1.98. The van der Waals surface area contributed by atoms with E-state index in [0.717, 1.165) is 0 Å². The number of methoxy groups -OCH3 is 1. The molecule has 0 aromatic heterocycles. The fourth-order valence-electron chi connectivity index (χ4n) is 1.95. The average molecular weight is 270 g/mol. The van der Waals surface area contributed by atoms with Gasteiger partial charge in [-0.2, -0.15) is 0 Å². The molecule has 4 unspecified atom stereocenters. The molecule has 2 rings (SSSR count). The molecule has 0 saturated carbocycles. The smallest absolute Gasteiger partial charge is 0.202 e. The van der Waals surface area contributed by atoms with Gasteiger partial charge >= 0.3 is 0 Å². The first kappa shape index (κ1) is 14.1. The van der Waals surface area contributed by atoms with E-state index in [4.69, 9.17) is 19.3 Å². The average Bonchev–Trinajstić information content (AvgIpc) is 2.43. The van der Waals surface area contributed by atoms with Gasteiger partial charge in [-0.15, -0.1) is 0 Å². The Kier molecular flexibility index (Phi) is 4.60. The van der Waals surface area contributed by atoms with Gasteiger partial charge in [-0.25, -0.2) is 0 Å². The highest BCUT2D eigenvalue weighted by Gasteiger charge is 2.37. The van der Waals surface area contributed by atoms with E-state index in [0.29, 0.717) is 11.5 Å². The summed E-state index contributed by atoms with van der Waals surface area (Å²) in [4.78, 5) is 0. The molecular formula is C13H18O6. The van der Waals surface area contributed by atoms with E-state index in [1.165, 1.54) is 0 Å². The standard InChI is InChI=1S/C13H18O6/c1-17-8-2-4-9(5-3-8)18-12-6-10(15)13(16)11(7-14)19-12/h2-5,10-16H,6-7H2,1H3. The minimum Gasteiger partial charge on any atom is -0.497 e. The number of aliphatic hydroxyl groups is 3. The van der Waals surface area contributed by atoms with Gasteiger partial charge in [-0.1, -0.05) is 0 Å². The van der Waals surface area contributed by atoms with Gasteiger partial charge in [0.15, 0.2) is 0 Å². The van der Waals surface area contributed by atoms with Crippen molar-refractivity contribution >= 4 is 0 Å². The number of hydrogen-bond donors (Lipinski definition) is 3. The third-order valence-corrected chi connectivity index (χ3v) is 3.04. The second-order valence-electron chi connectivity index (χ2n) is 4.37. The molecule has 1 saturated heterocycles. The van der Waals surface area contributed by atoms with Crippen LogP contribution in [0, 0.1) is 0 Å². The second-order valence-corrected chi connectivity index (χ2v) is 4.37. The van der Waals surface area contributed by atoms with Crippen molar-refractivity contribution in [2.75, 3.05) is 13.7 Å². The molecule has 1 aliphatic rings. The van der Waals surface area contributed by atoms with Crippen LogP contribution in [0.15, 0.2) is 24.3 Å². The Bertz CT molecular complexity index is 393. The van der Waals surface area contributed by atoms with E-state index in [2.05, 4.69) is 0 Å². The summed E-state index contributed by atoms with van der Waals surface area (Å²) in [6.45, 7) is -0.374. The van der Waals surface area contributed by atoms with Crippen LogP contribution in [-0.2, 0) is 4.74 Å². The highest BCUT2D eigenvalue weighted by Crippen LogP contribution is 2.24. The first-order valence-corrected chi connectivity index (χ1v) is 6.07. The molecule has 106 valence electrons. The fraction of sp³-hybridized carbons (Fsp3) is 0.538. The Morgan fingerprint density at radius 2 is 1.84 bits per heavy atom. The zero-order valence-electron chi connectivity index (χ0n) is 10.6. The molecule has 6 nitrogen and oxygen atoms in total. The molecular weight excluding hydrogens is 252 g/mol. The van der Waals surface area contributed by atoms with Crippen molar-refractivity contribution in [1.82, 2.24) is 0 Å². The van der Waals surface area contributed by atoms with Crippen molar-refractivity contribution < 1.29 is 29.5 Å². The number of ether oxygens (including phenoxy) is 3. The molecule has 4 atom stereocenters. The summed E-state index contributed by atoms with van der Waals surface area (Å²) in [5.74, 6) is 1.27. The Labute approximate surface area is 111 Å². The number of rotatable bonds is 4. The lowest BCUT2D eigenvalue weighted by Gasteiger charge is -2.36. The van der Waals surface area contributed by atoms with Crippen molar-refractivity contribution in [3.05, 3.63) is 24.3 Å². The fourth-order valence-corrected chi connectivity index (χ4v) is 1.95. The van der Waals surface area contributed by atoms with Crippen LogP contribution in [0.25, 0.3) is 0 Å². The molecule has 0 bridgehead atoms. The maximum atomic E-state index is 9.67. The van der Waals surface area contributed by atoms with Gasteiger partial charge in [0.2, 0.25) is 6.29 Å². The first-order valence-electron chi connectivity index (χ1n) is 6.07. The Morgan fingerprint density at radius 1 is 1.21 bits per heavy atom. The van der Waals surface area contributed by atoms with E-state index in [1.807, 2.05) is 0 Å². The van der Waals surface area contributed by atoms with Crippen LogP contribution in [0.3, 0.4) is 0 Å². The molecule has 19 heavy (non-hydrogen) atoms. The van der Waals surface area contributed by atoms with Crippen LogP contribution in [0.4, 0.5) is 0 Å². The molecule has 1 aromatic rings. The molecule has 0 aliphatic carbocycles. The first-order chi connectivity index (χ1) is 9.13. The lowest BCUT2D eigenvalue weighted by Crippen LogP contribution is -2.51. The molecule has 1 aromatic carbocycles.